The van der Waals surface area contributed by atoms with Gasteiger partial charge in [0.25, 0.3) is 0 Å². The molecular formula is C22H16N6O2. The highest BCUT2D eigenvalue weighted by molar-refractivity contribution is 6.10. The topological polar surface area (TPSA) is 120 Å². The van der Waals surface area contributed by atoms with E-state index in [4.69, 9.17) is 0 Å². The first-order chi connectivity index (χ1) is 14.6. The van der Waals surface area contributed by atoms with Gasteiger partial charge >= 0.3 is 5.97 Å². The lowest BCUT2D eigenvalue weighted by Gasteiger charge is -2.11. The Morgan fingerprint density at radius 2 is 1.67 bits per heavy atom. The molecule has 0 aliphatic rings. The van der Waals surface area contributed by atoms with E-state index in [9.17, 15) is 9.90 Å². The van der Waals surface area contributed by atoms with Crippen molar-refractivity contribution in [1.29, 1.82) is 0 Å². The molecule has 30 heavy (non-hydrogen) atoms. The monoisotopic (exact) mass is 396 g/mol. The van der Waals surface area contributed by atoms with Gasteiger partial charge in [-0.3, -0.25) is 0 Å². The number of aromatic carboxylic acids is 1. The van der Waals surface area contributed by atoms with Gasteiger partial charge in [0, 0.05) is 11.1 Å². The van der Waals surface area contributed by atoms with Crippen LogP contribution in [0, 0.1) is 6.92 Å². The summed E-state index contributed by atoms with van der Waals surface area (Å²) in [5.41, 5.74) is 5.53. The fourth-order valence-electron chi connectivity index (χ4n) is 3.66. The molecule has 0 aliphatic heterocycles. The van der Waals surface area contributed by atoms with Crippen molar-refractivity contribution in [2.45, 2.75) is 6.92 Å². The van der Waals surface area contributed by atoms with Crippen molar-refractivity contribution in [3.63, 3.8) is 0 Å². The summed E-state index contributed by atoms with van der Waals surface area (Å²) in [5.74, 6) is -0.129. The van der Waals surface area contributed by atoms with E-state index in [0.29, 0.717) is 28.2 Å². The fraction of sp³-hybridized carbons (Fsp3) is 0.0455. The summed E-state index contributed by atoms with van der Waals surface area (Å²) < 4.78 is 0. The molecule has 0 saturated carbocycles. The van der Waals surface area contributed by atoms with Gasteiger partial charge in [-0.1, -0.05) is 54.6 Å². The molecule has 146 valence electrons. The third-order valence-electron chi connectivity index (χ3n) is 4.98. The van der Waals surface area contributed by atoms with Crippen molar-refractivity contribution < 1.29 is 9.90 Å². The third-order valence-corrected chi connectivity index (χ3v) is 4.98. The van der Waals surface area contributed by atoms with E-state index in [1.807, 2.05) is 42.5 Å². The number of aryl methyl sites for hydroxylation is 1. The highest BCUT2D eigenvalue weighted by Crippen LogP contribution is 2.38. The van der Waals surface area contributed by atoms with Crippen LogP contribution in [-0.4, -0.2) is 41.7 Å². The zero-order chi connectivity index (χ0) is 20.7. The van der Waals surface area contributed by atoms with Crippen LogP contribution < -0.4 is 0 Å². The minimum atomic E-state index is -1.07. The molecule has 5 aromatic rings. The van der Waals surface area contributed by atoms with Crippen LogP contribution in [0.1, 0.15) is 16.2 Å². The number of aromatic nitrogens is 6. The molecule has 0 amide bonds. The number of nitrogens with one attached hydrogen (secondary N) is 2. The van der Waals surface area contributed by atoms with E-state index in [2.05, 4.69) is 42.7 Å². The van der Waals surface area contributed by atoms with Gasteiger partial charge in [-0.25, -0.2) is 9.78 Å². The van der Waals surface area contributed by atoms with Gasteiger partial charge in [0.15, 0.2) is 0 Å². The molecule has 3 N–H and O–H groups in total. The molecule has 3 aromatic carbocycles. The van der Waals surface area contributed by atoms with Crippen molar-refractivity contribution >= 4 is 17.0 Å². The number of hydrogen-bond donors (Lipinski definition) is 3. The summed E-state index contributed by atoms with van der Waals surface area (Å²) in [6, 6.07) is 19.7. The lowest BCUT2D eigenvalue weighted by Crippen LogP contribution is -2.01. The number of fused-ring (bicyclic) bond motifs is 1. The number of imidazole rings is 1. The molecular weight excluding hydrogens is 380 g/mol. The van der Waals surface area contributed by atoms with Crippen LogP contribution >= 0.6 is 0 Å². The van der Waals surface area contributed by atoms with Crippen LogP contribution in [0.5, 0.6) is 0 Å². The third kappa shape index (κ3) is 2.91. The van der Waals surface area contributed by atoms with Gasteiger partial charge < -0.3 is 10.1 Å². The molecule has 0 radical (unpaired) electrons. The van der Waals surface area contributed by atoms with Crippen LogP contribution in [0.4, 0.5) is 0 Å². The Morgan fingerprint density at radius 3 is 2.33 bits per heavy atom. The van der Waals surface area contributed by atoms with E-state index in [-0.39, 0.29) is 5.56 Å². The van der Waals surface area contributed by atoms with Crippen LogP contribution in [0.2, 0.25) is 0 Å². The first-order valence-corrected chi connectivity index (χ1v) is 9.28. The molecule has 8 heteroatoms. The van der Waals surface area contributed by atoms with Gasteiger partial charge in [-0.2, -0.15) is 5.21 Å². The second-order valence-corrected chi connectivity index (χ2v) is 6.88. The molecule has 0 unspecified atom stereocenters. The number of H-pyrrole nitrogens is 2. The minimum absolute atomic E-state index is 0.0822. The number of hydrogen-bond acceptors (Lipinski definition) is 5. The van der Waals surface area contributed by atoms with Crippen molar-refractivity contribution in [3.8, 4) is 33.6 Å². The maximum atomic E-state index is 11.9. The summed E-state index contributed by atoms with van der Waals surface area (Å²) in [6.45, 7) is 1.79. The van der Waals surface area contributed by atoms with Crippen molar-refractivity contribution in [2.24, 2.45) is 0 Å². The van der Waals surface area contributed by atoms with Gasteiger partial charge in [-0.15, -0.1) is 10.2 Å². The largest absolute Gasteiger partial charge is 0.478 e. The number of benzene rings is 3. The first-order valence-electron chi connectivity index (χ1n) is 9.28. The number of nitrogens with zero attached hydrogens (tertiary/aromatic N) is 4. The Labute approximate surface area is 170 Å². The van der Waals surface area contributed by atoms with Crippen molar-refractivity contribution in [3.05, 3.63) is 72.1 Å². The summed E-state index contributed by atoms with van der Waals surface area (Å²) >= 11 is 0. The molecule has 2 aromatic heterocycles. The molecule has 0 atom stereocenters. The lowest BCUT2D eigenvalue weighted by molar-refractivity contribution is 0.0699. The average molecular weight is 396 g/mol. The maximum absolute atomic E-state index is 11.9. The molecule has 8 nitrogen and oxygen atoms in total. The van der Waals surface area contributed by atoms with Crippen LogP contribution in [0.15, 0.2) is 60.7 Å². The van der Waals surface area contributed by atoms with E-state index < -0.39 is 5.97 Å². The SMILES string of the molecule is Cc1nc2c(C(=O)O)cc(-c3nn[nH]n3)c(-c3ccc(-c4ccccc4)cc3)c2[nH]1. The molecule has 2 heterocycles. The Hall–Kier alpha value is -4.33. The standard InChI is InChI=1S/C22H16N6O2/c1-12-23-19-17(22(29)30)11-16(21-25-27-28-26-21)18(20(19)24-12)15-9-7-14(8-10-15)13-5-3-2-4-6-13/h2-11H,1H3,(H,23,24)(H,29,30)(H,25,26,27,28). The van der Waals surface area contributed by atoms with Crippen molar-refractivity contribution in [2.75, 3.05) is 0 Å². The predicted molar refractivity (Wildman–Crippen MR) is 112 cm³/mol. The molecule has 5 rings (SSSR count). The summed E-state index contributed by atoms with van der Waals surface area (Å²) in [5, 5.41) is 23.9. The van der Waals surface area contributed by atoms with Gasteiger partial charge in [0.05, 0.1) is 11.1 Å². The first kappa shape index (κ1) is 17.7. The van der Waals surface area contributed by atoms with Crippen LogP contribution in [-0.2, 0) is 0 Å². The Morgan fingerprint density at radius 1 is 0.967 bits per heavy atom. The summed E-state index contributed by atoms with van der Waals surface area (Å²) in [7, 11) is 0. The number of tetrazole rings is 1. The Balaban J connectivity index is 1.77. The average Bonchev–Trinajstić information content (AvgIpc) is 3.42. The molecule has 0 spiro atoms. The number of carboxylic acid groups (broad SMARTS) is 1. The van der Waals surface area contributed by atoms with Crippen LogP contribution in [0.25, 0.3) is 44.7 Å². The smallest absolute Gasteiger partial charge is 0.338 e. The second kappa shape index (κ2) is 6.93. The number of carbonyl (C=O) groups is 1. The quantitative estimate of drug-likeness (QED) is 0.421. The molecule has 0 saturated heterocycles. The normalized spacial score (nSPS) is 11.1. The summed E-state index contributed by atoms with van der Waals surface area (Å²) in [4.78, 5) is 19.5. The lowest BCUT2D eigenvalue weighted by atomic mass is 9.93. The fourth-order valence-corrected chi connectivity index (χ4v) is 3.66. The second-order valence-electron chi connectivity index (χ2n) is 6.88. The van der Waals surface area contributed by atoms with Gasteiger partial charge in [0.2, 0.25) is 5.82 Å². The van der Waals surface area contributed by atoms with E-state index in [0.717, 1.165) is 22.3 Å². The van der Waals surface area contributed by atoms with E-state index in [1.54, 1.807) is 13.0 Å². The maximum Gasteiger partial charge on any atom is 0.338 e. The highest BCUT2D eigenvalue weighted by Gasteiger charge is 2.23. The van der Waals surface area contributed by atoms with E-state index >= 15 is 0 Å². The van der Waals surface area contributed by atoms with Gasteiger partial charge in [-0.05, 0) is 34.9 Å². The summed E-state index contributed by atoms with van der Waals surface area (Å²) in [6.07, 6.45) is 0. The Kier molecular flexibility index (Phi) is 4.10. The van der Waals surface area contributed by atoms with Crippen molar-refractivity contribution in [1.82, 2.24) is 30.6 Å². The highest BCUT2D eigenvalue weighted by atomic mass is 16.4. The molecule has 0 fully saturated rings. The Bertz CT molecular complexity index is 1360. The molecule has 0 bridgehead atoms. The number of carboxylic acids is 1. The minimum Gasteiger partial charge on any atom is -0.478 e. The zero-order valence-corrected chi connectivity index (χ0v) is 15.9. The van der Waals surface area contributed by atoms with E-state index in [1.165, 1.54) is 0 Å². The van der Waals surface area contributed by atoms with Gasteiger partial charge in [0.1, 0.15) is 11.3 Å². The van der Waals surface area contributed by atoms with Crippen LogP contribution in [0.3, 0.4) is 0 Å². The number of rotatable bonds is 4. The molecule has 0 aliphatic carbocycles. The predicted octanol–water partition coefficient (Wildman–Crippen LogP) is 4.08. The zero-order valence-electron chi connectivity index (χ0n) is 15.9. The number of aromatic amines is 2.